The summed E-state index contributed by atoms with van der Waals surface area (Å²) in [5.41, 5.74) is 3.25. The van der Waals surface area contributed by atoms with Crippen molar-refractivity contribution in [2.75, 3.05) is 6.61 Å². The van der Waals surface area contributed by atoms with Gasteiger partial charge < -0.3 is 10.1 Å². The number of aliphatic hydroxyl groups excluding tert-OH is 1. The first-order valence-electron chi connectivity index (χ1n) is 6.97. The summed E-state index contributed by atoms with van der Waals surface area (Å²) >= 11 is 0. The van der Waals surface area contributed by atoms with Crippen molar-refractivity contribution in [2.45, 2.75) is 39.4 Å². The zero-order valence-corrected chi connectivity index (χ0v) is 12.1. The Morgan fingerprint density at radius 1 is 1.40 bits per heavy atom. The topological polar surface area (TPSA) is 65.0 Å². The van der Waals surface area contributed by atoms with Gasteiger partial charge in [-0.15, -0.1) is 0 Å². The molecule has 0 bridgehead atoms. The Kier molecular flexibility index (Phi) is 5.26. The lowest BCUT2D eigenvalue weighted by molar-refractivity contribution is 0.105. The van der Waals surface area contributed by atoms with Crippen LogP contribution in [0.3, 0.4) is 0 Å². The summed E-state index contributed by atoms with van der Waals surface area (Å²) < 4.78 is 0. The zero-order chi connectivity index (χ0) is 14.4. The summed E-state index contributed by atoms with van der Waals surface area (Å²) in [7, 11) is 0. The van der Waals surface area contributed by atoms with Gasteiger partial charge in [-0.3, -0.25) is 9.88 Å². The number of H-pyrrole nitrogens is 1. The number of imidazole rings is 1. The van der Waals surface area contributed by atoms with Crippen molar-refractivity contribution in [3.8, 4) is 0 Å². The Hall–Kier alpha value is -1.72. The van der Waals surface area contributed by atoms with Crippen molar-refractivity contribution in [2.24, 2.45) is 0 Å². The molecule has 5 heteroatoms. The maximum absolute atomic E-state index is 9.59. The van der Waals surface area contributed by atoms with Gasteiger partial charge in [0, 0.05) is 37.2 Å². The third-order valence-corrected chi connectivity index (χ3v) is 3.59. The first-order valence-corrected chi connectivity index (χ1v) is 6.97. The van der Waals surface area contributed by atoms with E-state index in [1.807, 2.05) is 19.2 Å². The van der Waals surface area contributed by atoms with Crippen LogP contribution in [0.1, 0.15) is 30.3 Å². The van der Waals surface area contributed by atoms with Crippen molar-refractivity contribution in [3.05, 3.63) is 47.8 Å². The van der Waals surface area contributed by atoms with Crippen molar-refractivity contribution >= 4 is 0 Å². The van der Waals surface area contributed by atoms with Crippen LogP contribution >= 0.6 is 0 Å². The summed E-state index contributed by atoms with van der Waals surface area (Å²) in [4.78, 5) is 13.9. The highest BCUT2D eigenvalue weighted by atomic mass is 16.3. The van der Waals surface area contributed by atoms with E-state index in [2.05, 4.69) is 32.8 Å². The molecule has 2 heterocycles. The minimum Gasteiger partial charge on any atom is -0.395 e. The van der Waals surface area contributed by atoms with E-state index in [-0.39, 0.29) is 12.6 Å². The molecule has 2 aromatic rings. The maximum atomic E-state index is 9.59. The SMILES string of the molecule is CC[C@H](CO)N(Cc1cccnc1)Cc1nc[nH]c1C. The molecule has 0 aliphatic carbocycles. The van der Waals surface area contributed by atoms with Gasteiger partial charge in [-0.25, -0.2) is 4.98 Å². The lowest BCUT2D eigenvalue weighted by Gasteiger charge is -2.29. The quantitative estimate of drug-likeness (QED) is 0.809. The molecule has 0 spiro atoms. The fourth-order valence-electron chi connectivity index (χ4n) is 2.28. The number of hydrogen-bond donors (Lipinski definition) is 2. The molecule has 0 aliphatic heterocycles. The minimum atomic E-state index is 0.131. The number of aryl methyl sites for hydroxylation is 1. The second kappa shape index (κ2) is 7.17. The van der Waals surface area contributed by atoms with E-state index in [1.54, 1.807) is 12.5 Å². The third kappa shape index (κ3) is 3.65. The monoisotopic (exact) mass is 274 g/mol. The Labute approximate surface area is 119 Å². The molecule has 108 valence electrons. The van der Waals surface area contributed by atoms with Crippen LogP contribution in [0.15, 0.2) is 30.9 Å². The normalized spacial score (nSPS) is 12.8. The van der Waals surface area contributed by atoms with Gasteiger partial charge in [-0.1, -0.05) is 13.0 Å². The van der Waals surface area contributed by atoms with Gasteiger partial charge in [0.2, 0.25) is 0 Å². The summed E-state index contributed by atoms with van der Waals surface area (Å²) in [6.45, 7) is 5.75. The molecule has 0 radical (unpaired) electrons. The lowest BCUT2D eigenvalue weighted by atomic mass is 10.1. The number of hydrogen-bond acceptors (Lipinski definition) is 4. The zero-order valence-electron chi connectivity index (χ0n) is 12.1. The number of nitrogens with zero attached hydrogens (tertiary/aromatic N) is 3. The largest absolute Gasteiger partial charge is 0.395 e. The molecule has 0 fully saturated rings. The highest BCUT2D eigenvalue weighted by Crippen LogP contribution is 2.15. The van der Waals surface area contributed by atoms with Crippen LogP contribution in [-0.2, 0) is 13.1 Å². The minimum absolute atomic E-state index is 0.131. The van der Waals surface area contributed by atoms with Gasteiger partial charge in [0.25, 0.3) is 0 Å². The average Bonchev–Trinajstić information content (AvgIpc) is 2.87. The lowest BCUT2D eigenvalue weighted by Crippen LogP contribution is -2.36. The number of pyridine rings is 1. The van der Waals surface area contributed by atoms with Gasteiger partial charge >= 0.3 is 0 Å². The van der Waals surface area contributed by atoms with Crippen molar-refractivity contribution in [3.63, 3.8) is 0 Å². The fraction of sp³-hybridized carbons (Fsp3) is 0.467. The molecule has 2 rings (SSSR count). The van der Waals surface area contributed by atoms with Gasteiger partial charge in [0.05, 0.1) is 18.6 Å². The first-order chi connectivity index (χ1) is 9.74. The summed E-state index contributed by atoms with van der Waals surface area (Å²) in [5, 5.41) is 9.59. The highest BCUT2D eigenvalue weighted by molar-refractivity contribution is 5.11. The molecule has 0 aliphatic rings. The molecule has 0 saturated carbocycles. The van der Waals surface area contributed by atoms with Gasteiger partial charge in [0.15, 0.2) is 0 Å². The molecule has 0 amide bonds. The Morgan fingerprint density at radius 2 is 2.25 bits per heavy atom. The van der Waals surface area contributed by atoms with Crippen LogP contribution in [-0.4, -0.2) is 37.6 Å². The molecular formula is C15H22N4O. The van der Waals surface area contributed by atoms with Crippen LogP contribution in [0.4, 0.5) is 0 Å². The predicted molar refractivity (Wildman–Crippen MR) is 78.0 cm³/mol. The smallest absolute Gasteiger partial charge is 0.0925 e. The van der Waals surface area contributed by atoms with Crippen molar-refractivity contribution in [1.82, 2.24) is 19.9 Å². The van der Waals surface area contributed by atoms with E-state index in [1.165, 1.54) is 0 Å². The number of aliphatic hydroxyl groups is 1. The second-order valence-electron chi connectivity index (χ2n) is 4.99. The van der Waals surface area contributed by atoms with E-state index >= 15 is 0 Å². The number of nitrogens with one attached hydrogen (secondary N) is 1. The molecule has 2 N–H and O–H groups in total. The van der Waals surface area contributed by atoms with Crippen molar-refractivity contribution < 1.29 is 5.11 Å². The number of aromatic amines is 1. The van der Waals surface area contributed by atoms with Gasteiger partial charge in [-0.2, -0.15) is 0 Å². The van der Waals surface area contributed by atoms with E-state index in [0.717, 1.165) is 36.5 Å². The Bertz CT molecular complexity index is 508. The first kappa shape index (κ1) is 14.7. The highest BCUT2D eigenvalue weighted by Gasteiger charge is 2.18. The number of rotatable bonds is 7. The predicted octanol–water partition coefficient (Wildman–Crippen LogP) is 1.89. The Balaban J connectivity index is 2.14. The Morgan fingerprint density at radius 3 is 2.80 bits per heavy atom. The molecule has 0 saturated heterocycles. The molecular weight excluding hydrogens is 252 g/mol. The molecule has 5 nitrogen and oxygen atoms in total. The second-order valence-corrected chi connectivity index (χ2v) is 4.99. The van der Waals surface area contributed by atoms with Crippen LogP contribution < -0.4 is 0 Å². The van der Waals surface area contributed by atoms with E-state index < -0.39 is 0 Å². The number of aromatic nitrogens is 3. The molecule has 1 atom stereocenters. The third-order valence-electron chi connectivity index (χ3n) is 3.59. The van der Waals surface area contributed by atoms with Crippen molar-refractivity contribution in [1.29, 1.82) is 0 Å². The maximum Gasteiger partial charge on any atom is 0.0925 e. The van der Waals surface area contributed by atoms with Crippen LogP contribution in [0.2, 0.25) is 0 Å². The summed E-state index contributed by atoms with van der Waals surface area (Å²) in [5.74, 6) is 0. The van der Waals surface area contributed by atoms with E-state index in [0.29, 0.717) is 0 Å². The standard InChI is InChI=1S/C15H22N4O/c1-3-14(10-20)19(8-13-5-4-6-16-7-13)9-15-12(2)17-11-18-15/h4-7,11,14,20H,3,8-10H2,1-2H3,(H,17,18)/t14-/m1/s1. The van der Waals surface area contributed by atoms with E-state index in [9.17, 15) is 5.11 Å². The molecule has 20 heavy (non-hydrogen) atoms. The fourth-order valence-corrected chi connectivity index (χ4v) is 2.28. The van der Waals surface area contributed by atoms with Crippen LogP contribution in [0.5, 0.6) is 0 Å². The summed E-state index contributed by atoms with van der Waals surface area (Å²) in [6, 6.07) is 4.13. The molecule has 0 unspecified atom stereocenters. The average molecular weight is 274 g/mol. The van der Waals surface area contributed by atoms with Gasteiger partial charge in [-0.05, 0) is 25.0 Å². The van der Waals surface area contributed by atoms with E-state index in [4.69, 9.17) is 0 Å². The molecule has 0 aromatic carbocycles. The van der Waals surface area contributed by atoms with Crippen LogP contribution in [0.25, 0.3) is 0 Å². The van der Waals surface area contributed by atoms with Gasteiger partial charge in [0.1, 0.15) is 0 Å². The van der Waals surface area contributed by atoms with Crippen LogP contribution in [0, 0.1) is 6.92 Å². The summed E-state index contributed by atoms with van der Waals surface area (Å²) in [6.07, 6.45) is 6.26. The molecule has 2 aromatic heterocycles.